The van der Waals surface area contributed by atoms with Crippen LogP contribution in [0.3, 0.4) is 0 Å². The summed E-state index contributed by atoms with van der Waals surface area (Å²) >= 11 is 5.19. The number of rotatable bonds is 3. The van der Waals surface area contributed by atoms with E-state index in [0.29, 0.717) is 6.61 Å². The summed E-state index contributed by atoms with van der Waals surface area (Å²) in [6, 6.07) is 8.01. The first kappa shape index (κ1) is 10.2. The number of ether oxygens (including phenoxy) is 1. The molecular formula is C11H14N2OS. The van der Waals surface area contributed by atoms with Crippen LogP contribution in [0.1, 0.15) is 6.92 Å². The third-order valence-electron chi connectivity index (χ3n) is 2.32. The van der Waals surface area contributed by atoms with Crippen LogP contribution in [0.15, 0.2) is 24.3 Å². The number of hydrogen-bond acceptors (Lipinski definition) is 2. The van der Waals surface area contributed by atoms with Gasteiger partial charge in [0.05, 0.1) is 6.61 Å². The molecule has 1 aliphatic heterocycles. The Labute approximate surface area is 95.0 Å². The quantitative estimate of drug-likeness (QED) is 0.788. The summed E-state index contributed by atoms with van der Waals surface area (Å²) < 4.78 is 5.38. The lowest BCUT2D eigenvalue weighted by Crippen LogP contribution is -2.27. The zero-order valence-electron chi connectivity index (χ0n) is 8.69. The Balaban J connectivity index is 2.12. The Morgan fingerprint density at radius 1 is 1.40 bits per heavy atom. The van der Waals surface area contributed by atoms with E-state index in [9.17, 15) is 0 Å². The maximum atomic E-state index is 5.38. The second-order valence-electron chi connectivity index (χ2n) is 3.31. The van der Waals surface area contributed by atoms with Gasteiger partial charge in [-0.05, 0) is 43.4 Å². The molecule has 0 amide bonds. The molecular weight excluding hydrogens is 208 g/mol. The van der Waals surface area contributed by atoms with E-state index in [-0.39, 0.29) is 0 Å². The molecule has 1 aliphatic rings. The van der Waals surface area contributed by atoms with Crippen LogP contribution in [0.2, 0.25) is 0 Å². The van der Waals surface area contributed by atoms with Gasteiger partial charge in [0.25, 0.3) is 0 Å². The Morgan fingerprint density at radius 2 is 2.13 bits per heavy atom. The fraction of sp³-hybridized carbons (Fsp3) is 0.364. The summed E-state index contributed by atoms with van der Waals surface area (Å²) in [5, 5.41) is 3.94. The molecule has 0 atom stereocenters. The molecule has 0 bridgehead atoms. The van der Waals surface area contributed by atoms with Crippen LogP contribution in [0.4, 0.5) is 5.69 Å². The van der Waals surface area contributed by atoms with Gasteiger partial charge in [-0.25, -0.2) is 0 Å². The summed E-state index contributed by atoms with van der Waals surface area (Å²) in [5.74, 6) is 0.902. The predicted octanol–water partition coefficient (Wildman–Crippen LogP) is 1.78. The first-order valence-corrected chi connectivity index (χ1v) is 5.50. The summed E-state index contributed by atoms with van der Waals surface area (Å²) in [4.78, 5) is 2.09. The van der Waals surface area contributed by atoms with Crippen LogP contribution >= 0.6 is 12.2 Å². The normalized spacial score (nSPS) is 15.3. The molecule has 0 radical (unpaired) electrons. The summed E-state index contributed by atoms with van der Waals surface area (Å²) in [5.41, 5.74) is 1.12. The minimum atomic E-state index is 0.697. The van der Waals surface area contributed by atoms with Crippen molar-refractivity contribution in [2.24, 2.45) is 0 Å². The largest absolute Gasteiger partial charge is 0.494 e. The zero-order valence-corrected chi connectivity index (χ0v) is 9.51. The number of thiocarbonyl (C=S) groups is 1. The molecule has 80 valence electrons. The van der Waals surface area contributed by atoms with Gasteiger partial charge in [0.1, 0.15) is 5.75 Å². The van der Waals surface area contributed by atoms with E-state index < -0.39 is 0 Å². The van der Waals surface area contributed by atoms with E-state index >= 15 is 0 Å². The summed E-state index contributed by atoms with van der Waals surface area (Å²) in [7, 11) is 0. The van der Waals surface area contributed by atoms with Crippen LogP contribution < -0.4 is 15.0 Å². The molecule has 0 saturated carbocycles. The van der Waals surface area contributed by atoms with Crippen molar-refractivity contribution in [3.8, 4) is 5.75 Å². The van der Waals surface area contributed by atoms with Crippen molar-refractivity contribution in [3.05, 3.63) is 24.3 Å². The molecule has 0 aliphatic carbocycles. The van der Waals surface area contributed by atoms with E-state index in [1.54, 1.807) is 0 Å². The van der Waals surface area contributed by atoms with Crippen molar-refractivity contribution in [1.82, 2.24) is 5.32 Å². The molecule has 1 heterocycles. The molecule has 4 heteroatoms. The molecule has 0 spiro atoms. The molecule has 1 fully saturated rings. The molecule has 3 nitrogen and oxygen atoms in total. The van der Waals surface area contributed by atoms with Crippen molar-refractivity contribution in [2.45, 2.75) is 6.92 Å². The third-order valence-corrected chi connectivity index (χ3v) is 2.68. The van der Waals surface area contributed by atoms with Gasteiger partial charge in [-0.2, -0.15) is 0 Å². The Bertz CT molecular complexity index is 350. The SMILES string of the molecule is CCOc1ccc(N2CCNC2=S)cc1. The zero-order chi connectivity index (χ0) is 10.7. The van der Waals surface area contributed by atoms with Gasteiger partial charge in [0.2, 0.25) is 0 Å². The molecule has 1 saturated heterocycles. The maximum absolute atomic E-state index is 5.38. The van der Waals surface area contributed by atoms with Crippen molar-refractivity contribution >= 4 is 23.0 Å². The Morgan fingerprint density at radius 3 is 2.67 bits per heavy atom. The predicted molar refractivity (Wildman–Crippen MR) is 65.6 cm³/mol. The van der Waals surface area contributed by atoms with Crippen LogP contribution in [0.25, 0.3) is 0 Å². The number of hydrogen-bond donors (Lipinski definition) is 1. The number of benzene rings is 1. The van der Waals surface area contributed by atoms with Crippen LogP contribution in [-0.2, 0) is 0 Å². The average Bonchev–Trinajstić information content (AvgIpc) is 2.66. The lowest BCUT2D eigenvalue weighted by Gasteiger charge is -2.16. The molecule has 0 unspecified atom stereocenters. The van der Waals surface area contributed by atoms with Gasteiger partial charge in [0.15, 0.2) is 5.11 Å². The van der Waals surface area contributed by atoms with Crippen molar-refractivity contribution < 1.29 is 4.74 Å². The second kappa shape index (κ2) is 4.49. The summed E-state index contributed by atoms with van der Waals surface area (Å²) in [6.45, 7) is 4.54. The first-order valence-electron chi connectivity index (χ1n) is 5.09. The van der Waals surface area contributed by atoms with Gasteiger partial charge >= 0.3 is 0 Å². The van der Waals surface area contributed by atoms with Gasteiger partial charge in [0, 0.05) is 18.8 Å². The highest BCUT2D eigenvalue weighted by Crippen LogP contribution is 2.20. The second-order valence-corrected chi connectivity index (χ2v) is 3.70. The topological polar surface area (TPSA) is 24.5 Å². The average molecular weight is 222 g/mol. The standard InChI is InChI=1S/C11H14N2OS/c1-2-14-10-5-3-9(4-6-10)13-8-7-12-11(13)15/h3-6H,2,7-8H2,1H3,(H,12,15). The van der Waals surface area contributed by atoms with Crippen molar-refractivity contribution in [1.29, 1.82) is 0 Å². The van der Waals surface area contributed by atoms with Crippen molar-refractivity contribution in [2.75, 3.05) is 24.6 Å². The highest BCUT2D eigenvalue weighted by atomic mass is 32.1. The van der Waals surface area contributed by atoms with Gasteiger partial charge in [-0.1, -0.05) is 0 Å². The highest BCUT2D eigenvalue weighted by molar-refractivity contribution is 7.80. The van der Waals surface area contributed by atoms with E-state index in [1.807, 2.05) is 31.2 Å². The number of nitrogens with zero attached hydrogens (tertiary/aromatic N) is 1. The van der Waals surface area contributed by atoms with Crippen molar-refractivity contribution in [3.63, 3.8) is 0 Å². The van der Waals surface area contributed by atoms with E-state index in [2.05, 4.69) is 10.2 Å². The monoisotopic (exact) mass is 222 g/mol. The Kier molecular flexibility index (Phi) is 3.06. The maximum Gasteiger partial charge on any atom is 0.173 e. The first-order chi connectivity index (χ1) is 7.31. The third kappa shape index (κ3) is 2.21. The number of anilines is 1. The smallest absolute Gasteiger partial charge is 0.173 e. The summed E-state index contributed by atoms with van der Waals surface area (Å²) in [6.07, 6.45) is 0. The van der Waals surface area contributed by atoms with Gasteiger partial charge in [-0.3, -0.25) is 0 Å². The fourth-order valence-corrected chi connectivity index (χ4v) is 1.91. The molecule has 0 aromatic heterocycles. The van der Waals surface area contributed by atoms with Crippen LogP contribution in [0.5, 0.6) is 5.75 Å². The molecule has 1 aromatic rings. The van der Waals surface area contributed by atoms with E-state index in [1.165, 1.54) is 0 Å². The van der Waals surface area contributed by atoms with Gasteiger partial charge in [-0.15, -0.1) is 0 Å². The van der Waals surface area contributed by atoms with E-state index in [4.69, 9.17) is 17.0 Å². The minimum Gasteiger partial charge on any atom is -0.494 e. The molecule has 2 rings (SSSR count). The molecule has 15 heavy (non-hydrogen) atoms. The molecule has 1 N–H and O–H groups in total. The minimum absolute atomic E-state index is 0.697. The fourth-order valence-electron chi connectivity index (χ4n) is 1.61. The van der Waals surface area contributed by atoms with Crippen LogP contribution in [-0.4, -0.2) is 24.8 Å². The van der Waals surface area contributed by atoms with E-state index in [0.717, 1.165) is 29.6 Å². The lowest BCUT2D eigenvalue weighted by molar-refractivity contribution is 0.340. The number of nitrogens with one attached hydrogen (secondary N) is 1. The van der Waals surface area contributed by atoms with Crippen LogP contribution in [0, 0.1) is 0 Å². The molecule has 1 aromatic carbocycles. The Hall–Kier alpha value is -1.29. The highest BCUT2D eigenvalue weighted by Gasteiger charge is 2.17. The van der Waals surface area contributed by atoms with Gasteiger partial charge < -0.3 is 15.0 Å². The lowest BCUT2D eigenvalue weighted by atomic mass is 10.3.